The average molecular weight is 680 g/mol. The highest BCUT2D eigenvalue weighted by Crippen LogP contribution is 2.41. The number of nitrogens with zero attached hydrogens (tertiary/aromatic N) is 4. The van der Waals surface area contributed by atoms with Crippen molar-refractivity contribution in [2.75, 3.05) is 4.90 Å². The first kappa shape index (κ1) is 30.0. The molecule has 47 heavy (non-hydrogen) atoms. The smallest absolute Gasteiger partial charge is 0.335 e. The number of benzene rings is 4. The zero-order valence-electron chi connectivity index (χ0n) is 23.6. The van der Waals surface area contributed by atoms with E-state index in [-0.39, 0.29) is 21.3 Å². The van der Waals surface area contributed by atoms with Crippen LogP contribution >= 0.6 is 34.9 Å². The lowest BCUT2D eigenvalue weighted by Crippen LogP contribution is -2.29. The minimum absolute atomic E-state index is 0.0548. The molecule has 230 valence electrons. The molecule has 2 N–H and O–H groups in total. The van der Waals surface area contributed by atoms with E-state index in [1.54, 1.807) is 66.7 Å². The first-order valence-electron chi connectivity index (χ1n) is 13.6. The number of carboxylic acids is 1. The Morgan fingerprint density at radius 3 is 2.47 bits per heavy atom. The van der Waals surface area contributed by atoms with Crippen LogP contribution in [0.25, 0.3) is 16.3 Å². The fraction of sp³-hybridized carbons (Fsp3) is 0. The lowest BCUT2D eigenvalue weighted by Gasteiger charge is -2.13. The van der Waals surface area contributed by atoms with E-state index < -0.39 is 28.6 Å². The first-order valence-corrected chi connectivity index (χ1v) is 16.1. The molecule has 4 aromatic carbocycles. The number of hydrogen-bond donors (Lipinski definition) is 2. The Kier molecular flexibility index (Phi) is 7.63. The van der Waals surface area contributed by atoms with E-state index in [2.05, 4.69) is 15.3 Å². The summed E-state index contributed by atoms with van der Waals surface area (Å²) < 4.78 is 1.22. The van der Waals surface area contributed by atoms with Gasteiger partial charge in [-0.2, -0.15) is 0 Å². The first-order chi connectivity index (χ1) is 22.6. The summed E-state index contributed by atoms with van der Waals surface area (Å²) in [6.45, 7) is 0. The zero-order valence-corrected chi connectivity index (χ0v) is 26.0. The summed E-state index contributed by atoms with van der Waals surface area (Å²) in [7, 11) is 0. The largest absolute Gasteiger partial charge is 0.478 e. The Labute approximate surface area is 277 Å². The molecule has 0 spiro atoms. The van der Waals surface area contributed by atoms with Gasteiger partial charge in [-0.1, -0.05) is 36.0 Å². The maximum atomic E-state index is 12.9. The van der Waals surface area contributed by atoms with Crippen molar-refractivity contribution in [3.8, 4) is 0 Å². The van der Waals surface area contributed by atoms with Crippen LogP contribution in [-0.4, -0.2) is 43.9 Å². The van der Waals surface area contributed by atoms with E-state index in [0.717, 1.165) is 28.4 Å². The van der Waals surface area contributed by atoms with Crippen molar-refractivity contribution in [1.29, 1.82) is 0 Å². The van der Waals surface area contributed by atoms with Gasteiger partial charge < -0.3 is 10.4 Å². The predicted octanol–water partition coefficient (Wildman–Crippen LogP) is 6.75. The number of nitrogens with one attached hydrogen (secondary N) is 1. The summed E-state index contributed by atoms with van der Waals surface area (Å²) in [5.41, 5.74) is 2.34. The van der Waals surface area contributed by atoms with Gasteiger partial charge in [-0.25, -0.2) is 19.7 Å². The van der Waals surface area contributed by atoms with Crippen LogP contribution in [0.15, 0.2) is 104 Å². The number of amides is 3. The second kappa shape index (κ2) is 11.9. The fourth-order valence-corrected chi connectivity index (χ4v) is 7.89. The Balaban J connectivity index is 1.11. The van der Waals surface area contributed by atoms with Crippen molar-refractivity contribution in [2.45, 2.75) is 9.24 Å². The number of carbonyl (C=O) groups excluding carboxylic acids is 3. The molecule has 7 rings (SSSR count). The number of aliphatic imine (C=N–C) groups is 1. The van der Waals surface area contributed by atoms with Gasteiger partial charge in [-0.05, 0) is 78.0 Å². The molecule has 12 nitrogen and oxygen atoms in total. The number of hydrogen-bond acceptors (Lipinski definition) is 11. The van der Waals surface area contributed by atoms with Crippen LogP contribution < -0.4 is 10.2 Å². The van der Waals surface area contributed by atoms with Gasteiger partial charge in [0.05, 0.1) is 53.0 Å². The van der Waals surface area contributed by atoms with Crippen molar-refractivity contribution in [3.05, 3.63) is 122 Å². The van der Waals surface area contributed by atoms with E-state index in [1.165, 1.54) is 35.6 Å². The van der Waals surface area contributed by atoms with E-state index in [1.807, 2.05) is 0 Å². The number of aromatic carboxylic acids is 1. The number of amidine groups is 1. The molecule has 0 bridgehead atoms. The van der Waals surface area contributed by atoms with Crippen LogP contribution in [0.1, 0.15) is 36.6 Å². The number of carboxylic acid groups (broad SMARTS) is 1. The molecule has 15 heteroatoms. The van der Waals surface area contributed by atoms with Crippen LogP contribution in [0.4, 0.5) is 17.1 Å². The third-order valence-electron chi connectivity index (χ3n) is 7.05. The lowest BCUT2D eigenvalue weighted by molar-refractivity contribution is -0.387. The lowest BCUT2D eigenvalue weighted by atomic mass is 10.1. The number of anilines is 1. The highest BCUT2D eigenvalue weighted by atomic mass is 32.2. The zero-order chi connectivity index (χ0) is 32.8. The van der Waals surface area contributed by atoms with Gasteiger partial charge in [0.2, 0.25) is 0 Å². The maximum Gasteiger partial charge on any atom is 0.335 e. The quantitative estimate of drug-likeness (QED) is 0.0811. The third kappa shape index (κ3) is 5.78. The van der Waals surface area contributed by atoms with E-state index in [4.69, 9.17) is 0 Å². The molecule has 0 unspecified atom stereocenters. The number of fused-ring (bicyclic) bond motifs is 2. The molecule has 5 aromatic rings. The highest BCUT2D eigenvalue weighted by Gasteiger charge is 2.36. The third-order valence-corrected chi connectivity index (χ3v) is 10.1. The number of thioether (sulfide) groups is 1. The van der Waals surface area contributed by atoms with Gasteiger partial charge in [-0.3, -0.25) is 24.5 Å². The van der Waals surface area contributed by atoms with Crippen LogP contribution in [0, 0.1) is 10.1 Å². The van der Waals surface area contributed by atoms with E-state index in [9.17, 15) is 34.4 Å². The molecule has 0 atom stereocenters. The molecule has 1 fully saturated rings. The van der Waals surface area contributed by atoms with Crippen molar-refractivity contribution < 1.29 is 29.2 Å². The van der Waals surface area contributed by atoms with Gasteiger partial charge in [-0.15, -0.1) is 11.3 Å². The van der Waals surface area contributed by atoms with Gasteiger partial charge in [0.25, 0.3) is 23.4 Å². The van der Waals surface area contributed by atoms with Crippen molar-refractivity contribution in [3.63, 3.8) is 0 Å². The summed E-state index contributed by atoms with van der Waals surface area (Å²) in [6.07, 6.45) is 1.51. The molecular weight excluding hydrogens is 663 g/mol. The number of carbonyl (C=O) groups is 4. The molecule has 1 aromatic heterocycles. The molecule has 2 aliphatic heterocycles. The van der Waals surface area contributed by atoms with Crippen LogP contribution in [0.5, 0.6) is 0 Å². The van der Waals surface area contributed by atoms with E-state index in [0.29, 0.717) is 47.5 Å². The van der Waals surface area contributed by atoms with Crippen molar-refractivity contribution in [2.24, 2.45) is 4.99 Å². The molecule has 3 amide bonds. The Morgan fingerprint density at radius 1 is 0.979 bits per heavy atom. The minimum Gasteiger partial charge on any atom is -0.478 e. The Bertz CT molecular complexity index is 2250. The van der Waals surface area contributed by atoms with Gasteiger partial charge in [0.1, 0.15) is 0 Å². The number of aromatic nitrogens is 1. The summed E-state index contributed by atoms with van der Waals surface area (Å²) in [5.74, 6) is -2.36. The molecule has 2 aliphatic rings. The number of thiazole rings is 1. The topological polar surface area (TPSA) is 172 Å². The predicted molar refractivity (Wildman–Crippen MR) is 179 cm³/mol. The molecule has 0 radical (unpaired) electrons. The van der Waals surface area contributed by atoms with Crippen molar-refractivity contribution >= 4 is 97.1 Å². The normalized spacial score (nSPS) is 15.9. The molecule has 0 aliphatic carbocycles. The fourth-order valence-electron chi connectivity index (χ4n) is 4.90. The molecule has 3 heterocycles. The summed E-state index contributed by atoms with van der Waals surface area (Å²) in [5, 5.41) is 24.1. The van der Waals surface area contributed by atoms with Crippen LogP contribution in [0.3, 0.4) is 0 Å². The number of nitro benzene ring substituents is 1. The van der Waals surface area contributed by atoms with Gasteiger partial charge in [0, 0.05) is 6.07 Å². The number of nitro groups is 1. The summed E-state index contributed by atoms with van der Waals surface area (Å²) in [4.78, 5) is 71.9. The monoisotopic (exact) mass is 679 g/mol. The summed E-state index contributed by atoms with van der Waals surface area (Å²) in [6, 6.07) is 22.2. The maximum absolute atomic E-state index is 12.9. The Hall–Kier alpha value is -5.64. The number of imide groups is 1. The number of rotatable bonds is 7. The van der Waals surface area contributed by atoms with Crippen molar-refractivity contribution in [1.82, 2.24) is 10.3 Å². The molecule has 1 saturated heterocycles. The molecule has 0 saturated carbocycles. The standard InChI is InChI=1S/C32H17N5O7S3/c38-27-26(45-31(35-27)33-18-5-3-4-17(14-18)30(41)42)13-16-8-11-24(23(12-16)37(43)44)46-32-34-22-10-9-19(15-25(22)47-32)36-28(39)20-6-1-2-7-21(20)29(36)40/h1-15H,(H,41,42)(H,33,35,38)/b26-13-. The highest BCUT2D eigenvalue weighted by molar-refractivity contribution is 8.18. The van der Waals surface area contributed by atoms with Gasteiger partial charge >= 0.3 is 5.97 Å². The van der Waals surface area contributed by atoms with Crippen LogP contribution in [0.2, 0.25) is 0 Å². The Morgan fingerprint density at radius 2 is 1.74 bits per heavy atom. The minimum atomic E-state index is -1.10. The second-order valence-electron chi connectivity index (χ2n) is 10.0. The molecular formula is C32H17N5O7S3. The van der Waals surface area contributed by atoms with E-state index >= 15 is 0 Å². The second-order valence-corrected chi connectivity index (χ2v) is 13.4. The average Bonchev–Trinajstić information content (AvgIpc) is 3.69. The van der Waals surface area contributed by atoms with Gasteiger partial charge in [0.15, 0.2) is 9.51 Å². The SMILES string of the molecule is O=C1NC(=Nc2cccc(C(=O)O)c2)S/C1=C\c1ccc(Sc2nc3ccc(N4C(=O)c5ccccc5C4=O)cc3s2)c([N+](=O)[O-])c1. The summed E-state index contributed by atoms with van der Waals surface area (Å²) >= 11 is 3.41. The van der Waals surface area contributed by atoms with Crippen LogP contribution in [-0.2, 0) is 4.79 Å².